The second kappa shape index (κ2) is 7.94. The average molecular weight is 401 g/mol. The molecule has 0 aliphatic rings. The van der Waals surface area contributed by atoms with Crippen molar-refractivity contribution in [3.05, 3.63) is 72.7 Å². The van der Waals surface area contributed by atoms with Crippen molar-refractivity contribution in [1.29, 1.82) is 0 Å². The summed E-state index contributed by atoms with van der Waals surface area (Å²) >= 11 is 0. The summed E-state index contributed by atoms with van der Waals surface area (Å²) in [6, 6.07) is 17.3. The van der Waals surface area contributed by atoms with Crippen LogP contribution in [0.25, 0.3) is 16.7 Å². The maximum Gasteiger partial charge on any atom is 0.263 e. The van der Waals surface area contributed by atoms with Gasteiger partial charge in [0.1, 0.15) is 11.6 Å². The molecule has 0 spiro atoms. The van der Waals surface area contributed by atoms with E-state index >= 15 is 0 Å². The predicted molar refractivity (Wildman–Crippen MR) is 116 cm³/mol. The topological polar surface area (TPSA) is 81.9 Å². The van der Waals surface area contributed by atoms with Crippen molar-refractivity contribution < 1.29 is 9.53 Å². The molecule has 0 bridgehead atoms. The Kier molecular flexibility index (Phi) is 5.18. The molecule has 0 atom stereocenters. The normalized spacial score (nSPS) is 11.4. The molecule has 152 valence electrons. The number of benzene rings is 2. The first kappa shape index (κ1) is 19.6. The van der Waals surface area contributed by atoms with Crippen molar-refractivity contribution in [1.82, 2.24) is 19.7 Å². The Labute approximate surface area is 174 Å². The Morgan fingerprint density at radius 3 is 2.47 bits per heavy atom. The van der Waals surface area contributed by atoms with Crippen molar-refractivity contribution in [3.63, 3.8) is 0 Å². The number of nitrogens with one attached hydrogen (secondary N) is 1. The van der Waals surface area contributed by atoms with Crippen LogP contribution in [-0.2, 0) is 10.2 Å². The SMILES string of the molecule is CC(C)(C)c1cc(NC(=O)COc2ccc3ccccc3c2)n(-c2ncccn2)n1. The van der Waals surface area contributed by atoms with Gasteiger partial charge in [0.25, 0.3) is 11.9 Å². The third-order valence-electron chi connectivity index (χ3n) is 4.58. The number of carbonyl (C=O) groups excluding carboxylic acids is 1. The van der Waals surface area contributed by atoms with Gasteiger partial charge in [0, 0.05) is 23.9 Å². The molecule has 0 unspecified atom stereocenters. The van der Waals surface area contributed by atoms with Crippen molar-refractivity contribution in [2.45, 2.75) is 26.2 Å². The van der Waals surface area contributed by atoms with Crippen LogP contribution in [0.4, 0.5) is 5.82 Å². The lowest BCUT2D eigenvalue weighted by Crippen LogP contribution is -2.22. The number of anilines is 1. The Bertz CT molecular complexity index is 1180. The van der Waals surface area contributed by atoms with Crippen molar-refractivity contribution in [3.8, 4) is 11.7 Å². The number of rotatable bonds is 5. The summed E-state index contributed by atoms with van der Waals surface area (Å²) < 4.78 is 7.23. The Balaban J connectivity index is 1.51. The second-order valence-electron chi connectivity index (χ2n) is 7.97. The quantitative estimate of drug-likeness (QED) is 0.544. The summed E-state index contributed by atoms with van der Waals surface area (Å²) in [5.41, 5.74) is 0.627. The van der Waals surface area contributed by atoms with Gasteiger partial charge in [-0.3, -0.25) is 4.79 Å². The first-order valence-corrected chi connectivity index (χ1v) is 9.69. The van der Waals surface area contributed by atoms with E-state index in [1.165, 1.54) is 4.68 Å². The highest BCUT2D eigenvalue weighted by Crippen LogP contribution is 2.25. The van der Waals surface area contributed by atoms with Crippen LogP contribution in [0.15, 0.2) is 67.0 Å². The minimum Gasteiger partial charge on any atom is -0.484 e. The summed E-state index contributed by atoms with van der Waals surface area (Å²) in [5, 5.41) is 9.64. The zero-order chi connectivity index (χ0) is 21.1. The second-order valence-corrected chi connectivity index (χ2v) is 7.97. The molecule has 0 saturated carbocycles. The number of nitrogens with zero attached hydrogens (tertiary/aromatic N) is 4. The summed E-state index contributed by atoms with van der Waals surface area (Å²) in [5.74, 6) is 1.23. The maximum absolute atomic E-state index is 12.6. The molecule has 4 rings (SSSR count). The highest BCUT2D eigenvalue weighted by atomic mass is 16.5. The van der Waals surface area contributed by atoms with E-state index in [1.807, 2.05) is 48.5 Å². The van der Waals surface area contributed by atoms with Gasteiger partial charge in [-0.1, -0.05) is 51.1 Å². The standard InChI is InChI=1S/C23H23N5O2/c1-23(2,3)19-14-20(28(27-19)22-24-11-6-12-25-22)26-21(29)15-30-18-10-9-16-7-4-5-8-17(16)13-18/h4-14H,15H2,1-3H3,(H,26,29). The lowest BCUT2D eigenvalue weighted by molar-refractivity contribution is -0.118. The fourth-order valence-corrected chi connectivity index (χ4v) is 2.97. The monoisotopic (exact) mass is 401 g/mol. The minimum absolute atomic E-state index is 0.121. The van der Waals surface area contributed by atoms with Crippen molar-refractivity contribution >= 4 is 22.5 Å². The van der Waals surface area contributed by atoms with Crippen LogP contribution in [0.2, 0.25) is 0 Å². The number of aromatic nitrogens is 4. The van der Waals surface area contributed by atoms with Gasteiger partial charge in [-0.15, -0.1) is 0 Å². The molecule has 7 nitrogen and oxygen atoms in total. The van der Waals surface area contributed by atoms with Gasteiger partial charge in [-0.05, 0) is 29.0 Å². The molecule has 4 aromatic rings. The average Bonchev–Trinajstić information content (AvgIpc) is 3.17. The van der Waals surface area contributed by atoms with Crippen molar-refractivity contribution in [2.24, 2.45) is 0 Å². The highest BCUT2D eigenvalue weighted by Gasteiger charge is 2.22. The van der Waals surface area contributed by atoms with Crippen LogP contribution in [0.3, 0.4) is 0 Å². The first-order valence-electron chi connectivity index (χ1n) is 9.69. The largest absolute Gasteiger partial charge is 0.484 e. The van der Waals surface area contributed by atoms with Gasteiger partial charge in [0.05, 0.1) is 5.69 Å². The minimum atomic E-state index is -0.291. The molecule has 1 N–H and O–H groups in total. The van der Waals surface area contributed by atoms with Gasteiger partial charge in [0.15, 0.2) is 6.61 Å². The summed E-state index contributed by atoms with van der Waals surface area (Å²) in [7, 11) is 0. The van der Waals surface area contributed by atoms with Crippen LogP contribution >= 0.6 is 0 Å². The van der Waals surface area contributed by atoms with E-state index in [4.69, 9.17) is 4.74 Å². The van der Waals surface area contributed by atoms with Gasteiger partial charge < -0.3 is 10.1 Å². The highest BCUT2D eigenvalue weighted by molar-refractivity contribution is 5.91. The van der Waals surface area contributed by atoms with Gasteiger partial charge >= 0.3 is 0 Å². The van der Waals surface area contributed by atoms with E-state index in [-0.39, 0.29) is 17.9 Å². The molecule has 0 fully saturated rings. The maximum atomic E-state index is 12.6. The summed E-state index contributed by atoms with van der Waals surface area (Å²) in [4.78, 5) is 21.1. The number of amides is 1. The third-order valence-corrected chi connectivity index (χ3v) is 4.58. The van der Waals surface area contributed by atoms with E-state index in [0.29, 0.717) is 17.5 Å². The fraction of sp³-hybridized carbons (Fsp3) is 0.217. The third kappa shape index (κ3) is 4.30. The molecule has 0 aliphatic carbocycles. The van der Waals surface area contributed by atoms with E-state index in [9.17, 15) is 4.79 Å². The van der Waals surface area contributed by atoms with Gasteiger partial charge in [-0.2, -0.15) is 9.78 Å². The van der Waals surface area contributed by atoms with E-state index in [0.717, 1.165) is 16.5 Å². The van der Waals surface area contributed by atoms with Crippen LogP contribution in [0.1, 0.15) is 26.5 Å². The molecule has 0 saturated heterocycles. The van der Waals surface area contributed by atoms with Gasteiger partial charge in [0.2, 0.25) is 0 Å². The molecule has 30 heavy (non-hydrogen) atoms. The molecular formula is C23H23N5O2. The predicted octanol–water partition coefficient (Wildman–Crippen LogP) is 4.13. The molecule has 2 aromatic carbocycles. The molecule has 7 heteroatoms. The number of hydrogen-bond donors (Lipinski definition) is 1. The van der Waals surface area contributed by atoms with E-state index in [2.05, 4.69) is 41.2 Å². The summed E-state index contributed by atoms with van der Waals surface area (Å²) in [6.07, 6.45) is 3.27. The van der Waals surface area contributed by atoms with Crippen LogP contribution in [-0.4, -0.2) is 32.3 Å². The number of hydrogen-bond acceptors (Lipinski definition) is 5. The molecular weight excluding hydrogens is 378 g/mol. The molecule has 2 heterocycles. The summed E-state index contributed by atoms with van der Waals surface area (Å²) in [6.45, 7) is 6.05. The Morgan fingerprint density at radius 2 is 1.73 bits per heavy atom. The van der Waals surface area contributed by atoms with Crippen molar-refractivity contribution in [2.75, 3.05) is 11.9 Å². The lowest BCUT2D eigenvalue weighted by atomic mass is 9.92. The zero-order valence-electron chi connectivity index (χ0n) is 17.2. The molecule has 1 amide bonds. The smallest absolute Gasteiger partial charge is 0.263 e. The molecule has 2 aromatic heterocycles. The molecule has 0 aliphatic heterocycles. The van der Waals surface area contributed by atoms with Gasteiger partial charge in [-0.25, -0.2) is 9.97 Å². The van der Waals surface area contributed by atoms with Crippen LogP contribution in [0, 0.1) is 0 Å². The fourth-order valence-electron chi connectivity index (χ4n) is 2.97. The first-order chi connectivity index (χ1) is 14.4. The Morgan fingerprint density at radius 1 is 1.00 bits per heavy atom. The van der Waals surface area contributed by atoms with E-state index < -0.39 is 0 Å². The van der Waals surface area contributed by atoms with Crippen LogP contribution in [0.5, 0.6) is 5.75 Å². The number of ether oxygens (including phenoxy) is 1. The number of fused-ring (bicyclic) bond motifs is 1. The Hall–Kier alpha value is -3.74. The van der Waals surface area contributed by atoms with Crippen LogP contribution < -0.4 is 10.1 Å². The zero-order valence-corrected chi connectivity index (χ0v) is 17.2. The number of carbonyl (C=O) groups is 1. The molecule has 0 radical (unpaired) electrons. The van der Waals surface area contributed by atoms with E-state index in [1.54, 1.807) is 18.5 Å². The lowest BCUT2D eigenvalue weighted by Gasteiger charge is -2.13.